The summed E-state index contributed by atoms with van der Waals surface area (Å²) in [6.45, 7) is 1.53. The van der Waals surface area contributed by atoms with Gasteiger partial charge in [0, 0.05) is 18.0 Å². The van der Waals surface area contributed by atoms with E-state index in [1.54, 1.807) is 6.20 Å². The highest BCUT2D eigenvalue weighted by molar-refractivity contribution is 5.85. The van der Waals surface area contributed by atoms with Crippen molar-refractivity contribution in [1.82, 2.24) is 20.0 Å². The molecule has 2 heterocycles. The van der Waals surface area contributed by atoms with Gasteiger partial charge in [-0.1, -0.05) is 0 Å². The van der Waals surface area contributed by atoms with Crippen molar-refractivity contribution in [3.63, 3.8) is 0 Å². The quantitative estimate of drug-likeness (QED) is 0.739. The number of H-pyrrole nitrogens is 1. The molecule has 0 saturated heterocycles. The van der Waals surface area contributed by atoms with Gasteiger partial charge in [0.05, 0.1) is 6.20 Å². The summed E-state index contributed by atoms with van der Waals surface area (Å²) in [5, 5.41) is 18.8. The zero-order chi connectivity index (χ0) is 11.7. The normalized spacial score (nSPS) is 10.3. The fourth-order valence-electron chi connectivity index (χ4n) is 1.25. The maximum atomic E-state index is 11.5. The monoisotopic (exact) mass is 220 g/mol. The molecule has 16 heavy (non-hydrogen) atoms. The number of nitrogens with one attached hydrogen (secondary N) is 1. The number of carboxylic acid groups (broad SMARTS) is 1. The molecule has 82 valence electrons. The Hall–Kier alpha value is -2.44. The van der Waals surface area contributed by atoms with E-state index in [4.69, 9.17) is 5.11 Å². The van der Waals surface area contributed by atoms with Gasteiger partial charge in [-0.25, -0.2) is 9.48 Å². The minimum absolute atomic E-state index is 0.314. The minimum atomic E-state index is -1.34. The first-order chi connectivity index (χ1) is 7.59. The fourth-order valence-corrected chi connectivity index (χ4v) is 1.25. The first-order valence-electron chi connectivity index (χ1n) is 4.42. The van der Waals surface area contributed by atoms with Crippen LogP contribution in [0.3, 0.4) is 0 Å². The number of aromatic carboxylic acids is 1. The number of hydrogen-bond donors (Lipinski definition) is 2. The van der Waals surface area contributed by atoms with Gasteiger partial charge in [-0.15, -0.1) is 0 Å². The summed E-state index contributed by atoms with van der Waals surface area (Å²) in [5.74, 6) is -1.34. The van der Waals surface area contributed by atoms with Gasteiger partial charge < -0.3 is 5.11 Å². The maximum absolute atomic E-state index is 11.5. The first-order valence-corrected chi connectivity index (χ1v) is 4.42. The zero-order valence-corrected chi connectivity index (χ0v) is 8.34. The summed E-state index contributed by atoms with van der Waals surface area (Å²) in [6.07, 6.45) is 4.48. The molecule has 0 bridgehead atoms. The third kappa shape index (κ3) is 1.58. The fraction of sp³-hybridized carbons (Fsp3) is 0.111. The topological polar surface area (TPSA) is 101 Å². The third-order valence-corrected chi connectivity index (χ3v) is 2.05. The molecule has 0 unspecified atom stereocenters. The van der Waals surface area contributed by atoms with Crippen LogP contribution in [-0.4, -0.2) is 31.1 Å². The lowest BCUT2D eigenvalue weighted by Crippen LogP contribution is -2.23. The second kappa shape index (κ2) is 3.61. The van der Waals surface area contributed by atoms with Gasteiger partial charge in [-0.3, -0.25) is 9.89 Å². The highest BCUT2D eigenvalue weighted by Crippen LogP contribution is 2.02. The van der Waals surface area contributed by atoms with E-state index in [9.17, 15) is 9.59 Å². The van der Waals surface area contributed by atoms with Crippen LogP contribution in [-0.2, 0) is 0 Å². The van der Waals surface area contributed by atoms with Crippen LogP contribution in [0.4, 0.5) is 0 Å². The van der Waals surface area contributed by atoms with E-state index in [0.717, 1.165) is 0 Å². The number of carbonyl (C=O) groups is 1. The second-order valence-corrected chi connectivity index (χ2v) is 3.20. The second-order valence-electron chi connectivity index (χ2n) is 3.20. The SMILES string of the molecule is Cc1cn(-c2cn[nH]c2)nc(C(=O)O)c1=O. The highest BCUT2D eigenvalue weighted by Gasteiger charge is 2.14. The summed E-state index contributed by atoms with van der Waals surface area (Å²) in [5.41, 5.74) is -0.201. The van der Waals surface area contributed by atoms with Crippen LogP contribution in [0.2, 0.25) is 0 Å². The van der Waals surface area contributed by atoms with Crippen LogP contribution in [0.25, 0.3) is 5.69 Å². The predicted molar refractivity (Wildman–Crippen MR) is 53.7 cm³/mol. The van der Waals surface area contributed by atoms with Crippen LogP contribution >= 0.6 is 0 Å². The standard InChI is InChI=1S/C9H8N4O3/c1-5-4-13(6-2-10-11-3-6)12-7(8(5)14)9(15)16/h2-4H,1H3,(H,10,11)(H,15,16). The summed E-state index contributed by atoms with van der Waals surface area (Å²) < 4.78 is 1.30. The van der Waals surface area contributed by atoms with E-state index in [1.807, 2.05) is 0 Å². The lowest BCUT2D eigenvalue weighted by Gasteiger charge is -2.04. The van der Waals surface area contributed by atoms with E-state index < -0.39 is 17.1 Å². The Morgan fingerprint density at radius 1 is 1.56 bits per heavy atom. The van der Waals surface area contributed by atoms with Crippen LogP contribution in [0.5, 0.6) is 0 Å². The van der Waals surface area contributed by atoms with Crippen LogP contribution in [0, 0.1) is 6.92 Å². The van der Waals surface area contributed by atoms with Gasteiger partial charge >= 0.3 is 5.97 Å². The Balaban J connectivity index is 2.67. The minimum Gasteiger partial charge on any atom is -0.476 e. The van der Waals surface area contributed by atoms with Crippen molar-refractivity contribution in [1.29, 1.82) is 0 Å². The van der Waals surface area contributed by atoms with Crippen molar-refractivity contribution >= 4 is 5.97 Å². The summed E-state index contributed by atoms with van der Waals surface area (Å²) >= 11 is 0. The number of aromatic nitrogens is 4. The van der Waals surface area contributed by atoms with Crippen LogP contribution < -0.4 is 5.43 Å². The van der Waals surface area contributed by atoms with E-state index in [-0.39, 0.29) is 0 Å². The smallest absolute Gasteiger partial charge is 0.360 e. The molecule has 7 heteroatoms. The summed E-state index contributed by atoms with van der Waals surface area (Å²) in [7, 11) is 0. The highest BCUT2D eigenvalue weighted by atomic mass is 16.4. The number of aryl methyl sites for hydroxylation is 1. The number of aromatic amines is 1. The number of carboxylic acids is 1. The molecule has 0 aliphatic carbocycles. The number of rotatable bonds is 2. The molecule has 2 aromatic heterocycles. The van der Waals surface area contributed by atoms with Gasteiger partial charge in [-0.05, 0) is 6.92 Å². The molecule has 2 aromatic rings. The van der Waals surface area contributed by atoms with E-state index >= 15 is 0 Å². The van der Waals surface area contributed by atoms with E-state index in [1.165, 1.54) is 24.0 Å². The van der Waals surface area contributed by atoms with E-state index in [0.29, 0.717) is 11.3 Å². The molecule has 0 aliphatic heterocycles. The summed E-state index contributed by atoms with van der Waals surface area (Å²) in [6, 6.07) is 0. The van der Waals surface area contributed by atoms with Gasteiger partial charge in [-0.2, -0.15) is 10.2 Å². The number of hydrogen-bond acceptors (Lipinski definition) is 4. The van der Waals surface area contributed by atoms with Gasteiger partial charge in [0.1, 0.15) is 5.69 Å². The maximum Gasteiger partial charge on any atom is 0.360 e. The Labute approximate surface area is 89.4 Å². The molecule has 0 spiro atoms. The van der Waals surface area contributed by atoms with Crippen molar-refractivity contribution in [2.75, 3.05) is 0 Å². The first kappa shape index (κ1) is 10.1. The van der Waals surface area contributed by atoms with Crippen molar-refractivity contribution in [3.8, 4) is 5.69 Å². The van der Waals surface area contributed by atoms with Gasteiger partial charge in [0.2, 0.25) is 11.1 Å². The average Bonchev–Trinajstić information content (AvgIpc) is 2.74. The Kier molecular flexibility index (Phi) is 2.28. The molecule has 0 aliphatic rings. The summed E-state index contributed by atoms with van der Waals surface area (Å²) in [4.78, 5) is 22.2. The molecule has 0 aromatic carbocycles. The lowest BCUT2D eigenvalue weighted by molar-refractivity contribution is 0.0686. The Morgan fingerprint density at radius 3 is 2.88 bits per heavy atom. The van der Waals surface area contributed by atoms with Crippen LogP contribution in [0.1, 0.15) is 16.1 Å². The average molecular weight is 220 g/mol. The van der Waals surface area contributed by atoms with Gasteiger partial charge in [0.25, 0.3) is 0 Å². The molecule has 0 amide bonds. The van der Waals surface area contributed by atoms with E-state index in [2.05, 4.69) is 15.3 Å². The zero-order valence-electron chi connectivity index (χ0n) is 8.34. The molecular weight excluding hydrogens is 212 g/mol. The molecular formula is C9H8N4O3. The van der Waals surface area contributed by atoms with Crippen LogP contribution in [0.15, 0.2) is 23.4 Å². The van der Waals surface area contributed by atoms with Gasteiger partial charge in [0.15, 0.2) is 0 Å². The number of nitrogens with zero attached hydrogens (tertiary/aromatic N) is 3. The third-order valence-electron chi connectivity index (χ3n) is 2.05. The van der Waals surface area contributed by atoms with Crippen molar-refractivity contribution < 1.29 is 9.90 Å². The Morgan fingerprint density at radius 2 is 2.31 bits per heavy atom. The predicted octanol–water partition coefficient (Wildman–Crippen LogP) is -0.0378. The lowest BCUT2D eigenvalue weighted by atomic mass is 10.2. The molecule has 2 rings (SSSR count). The Bertz CT molecular complexity index is 585. The van der Waals surface area contributed by atoms with Crippen molar-refractivity contribution in [2.45, 2.75) is 6.92 Å². The van der Waals surface area contributed by atoms with Crippen molar-refractivity contribution in [3.05, 3.63) is 40.1 Å². The molecule has 0 fully saturated rings. The molecule has 0 radical (unpaired) electrons. The molecule has 0 atom stereocenters. The largest absolute Gasteiger partial charge is 0.476 e. The molecule has 7 nitrogen and oxygen atoms in total. The molecule has 2 N–H and O–H groups in total. The van der Waals surface area contributed by atoms with Crippen molar-refractivity contribution in [2.24, 2.45) is 0 Å². The molecule has 0 saturated carbocycles.